The van der Waals surface area contributed by atoms with Crippen LogP contribution in [0.3, 0.4) is 0 Å². The summed E-state index contributed by atoms with van der Waals surface area (Å²) in [5.74, 6) is -0.0474. The lowest BCUT2D eigenvalue weighted by molar-refractivity contribution is -0.225. The van der Waals surface area contributed by atoms with E-state index in [1.807, 2.05) is 32.0 Å². The average Bonchev–Trinajstić information content (AvgIpc) is 3.42. The molecule has 10 atom stereocenters. The van der Waals surface area contributed by atoms with Crippen LogP contribution in [0.15, 0.2) is 36.4 Å². The van der Waals surface area contributed by atoms with Crippen LogP contribution in [0.25, 0.3) is 5.57 Å². The number of nitrogens with one attached hydrogen (secondary N) is 1. The summed E-state index contributed by atoms with van der Waals surface area (Å²) in [6.07, 6.45) is 11.6. The van der Waals surface area contributed by atoms with Crippen LogP contribution in [0.2, 0.25) is 0 Å². The summed E-state index contributed by atoms with van der Waals surface area (Å²) in [5.41, 5.74) is 4.51. The van der Waals surface area contributed by atoms with Gasteiger partial charge in [0.15, 0.2) is 0 Å². The number of aliphatic carboxylic acids is 1. The minimum absolute atomic E-state index is 0.0520. The maximum absolute atomic E-state index is 14.5. The van der Waals surface area contributed by atoms with Crippen LogP contribution in [0, 0.1) is 63.6 Å². The normalized spacial score (nSPS) is 39.2. The lowest BCUT2D eigenvalue weighted by Gasteiger charge is -2.72. The highest BCUT2D eigenvalue weighted by atomic mass is 16.4. The van der Waals surface area contributed by atoms with E-state index in [1.54, 1.807) is 6.07 Å². The van der Waals surface area contributed by atoms with Gasteiger partial charge in [0.1, 0.15) is 6.04 Å². The zero-order valence-electron chi connectivity index (χ0n) is 32.1. The summed E-state index contributed by atoms with van der Waals surface area (Å²) in [7, 11) is 3.69. The zero-order valence-corrected chi connectivity index (χ0v) is 32.1. The SMILES string of the molecule is C=C(C)[C@@H]1CC[C@]2(C(=O)NC(CN(C)C)C(=O)O)CC[C@]3(C)[C@H](CC[C@@H]4[C@@]5(C)CC=C(c6ccc(C(=O)O)c(C)c6)C(C)(C)[C@@H]5CC[C@]43C)[C@@H]12. The van der Waals surface area contributed by atoms with Gasteiger partial charge >= 0.3 is 11.9 Å². The summed E-state index contributed by atoms with van der Waals surface area (Å²) in [6.45, 7) is 21.4. The number of allylic oxidation sites excluding steroid dienone is 3. The molecule has 0 aliphatic heterocycles. The molecular formula is C43H62N2O5. The molecule has 0 aromatic heterocycles. The van der Waals surface area contributed by atoms with Gasteiger partial charge in [-0.15, -0.1) is 0 Å². The van der Waals surface area contributed by atoms with E-state index in [4.69, 9.17) is 0 Å². The highest BCUT2D eigenvalue weighted by molar-refractivity contribution is 5.90. The van der Waals surface area contributed by atoms with Gasteiger partial charge in [-0.05, 0) is 160 Å². The van der Waals surface area contributed by atoms with Gasteiger partial charge in [-0.1, -0.05) is 65.0 Å². The number of carbonyl (C=O) groups is 3. The monoisotopic (exact) mass is 686 g/mol. The Labute approximate surface area is 300 Å². The Kier molecular flexibility index (Phi) is 9.10. The third-order valence-corrected chi connectivity index (χ3v) is 16.0. The smallest absolute Gasteiger partial charge is 0.335 e. The Balaban J connectivity index is 1.34. The first kappa shape index (κ1) is 36.8. The molecule has 1 aromatic rings. The van der Waals surface area contributed by atoms with Gasteiger partial charge in [0.25, 0.3) is 0 Å². The first-order chi connectivity index (χ1) is 23.2. The Hall–Kier alpha value is -2.93. The molecule has 5 aliphatic rings. The molecule has 274 valence electrons. The van der Waals surface area contributed by atoms with Crippen molar-refractivity contribution in [3.8, 4) is 0 Å². The number of rotatable bonds is 8. The lowest BCUT2D eigenvalue weighted by atomic mass is 9.32. The molecule has 1 aromatic carbocycles. The molecule has 0 radical (unpaired) electrons. The minimum Gasteiger partial charge on any atom is -0.480 e. The molecule has 0 bridgehead atoms. The van der Waals surface area contributed by atoms with Crippen LogP contribution in [0.4, 0.5) is 0 Å². The number of carboxylic acid groups (broad SMARTS) is 2. The number of carbonyl (C=O) groups excluding carboxylic acids is 1. The number of nitrogens with zero attached hydrogens (tertiary/aromatic N) is 1. The lowest BCUT2D eigenvalue weighted by Crippen LogP contribution is -2.66. The number of benzene rings is 1. The summed E-state index contributed by atoms with van der Waals surface area (Å²) in [6, 6.07) is 4.92. The zero-order chi connectivity index (χ0) is 36.8. The Bertz CT molecular complexity index is 1630. The molecule has 0 heterocycles. The maximum atomic E-state index is 14.5. The molecule has 1 amide bonds. The molecular weight excluding hydrogens is 624 g/mol. The van der Waals surface area contributed by atoms with Crippen LogP contribution in [-0.4, -0.2) is 59.6 Å². The summed E-state index contributed by atoms with van der Waals surface area (Å²) >= 11 is 0. The second kappa shape index (κ2) is 12.3. The van der Waals surface area contributed by atoms with Crippen molar-refractivity contribution in [1.29, 1.82) is 0 Å². The number of hydrogen-bond acceptors (Lipinski definition) is 4. The van der Waals surface area contributed by atoms with Crippen molar-refractivity contribution in [1.82, 2.24) is 10.2 Å². The van der Waals surface area contributed by atoms with E-state index >= 15 is 0 Å². The quantitative estimate of drug-likeness (QED) is 0.237. The average molecular weight is 687 g/mol. The predicted octanol–water partition coefficient (Wildman–Crippen LogP) is 8.48. The number of aryl methyl sites for hydroxylation is 1. The van der Waals surface area contributed by atoms with Gasteiger partial charge < -0.3 is 20.4 Å². The highest BCUT2D eigenvalue weighted by Crippen LogP contribution is 2.77. The number of carboxylic acids is 2. The third-order valence-electron chi connectivity index (χ3n) is 16.0. The molecule has 4 fully saturated rings. The molecule has 7 nitrogen and oxygen atoms in total. The molecule has 0 spiro atoms. The van der Waals surface area contributed by atoms with E-state index in [2.05, 4.69) is 65.6 Å². The fourth-order valence-electron chi connectivity index (χ4n) is 13.6. The fraction of sp³-hybridized carbons (Fsp3) is 0.698. The largest absolute Gasteiger partial charge is 0.480 e. The molecule has 0 saturated heterocycles. The minimum atomic E-state index is -0.979. The Morgan fingerprint density at radius 2 is 1.64 bits per heavy atom. The second-order valence-corrected chi connectivity index (χ2v) is 18.8. The van der Waals surface area contributed by atoms with Crippen molar-refractivity contribution < 1.29 is 24.6 Å². The van der Waals surface area contributed by atoms with Crippen molar-refractivity contribution in [2.75, 3.05) is 20.6 Å². The van der Waals surface area contributed by atoms with Gasteiger partial charge in [-0.3, -0.25) is 4.79 Å². The van der Waals surface area contributed by atoms with Gasteiger partial charge in [0.2, 0.25) is 5.91 Å². The molecule has 5 aliphatic carbocycles. The Morgan fingerprint density at radius 1 is 0.940 bits per heavy atom. The first-order valence-electron chi connectivity index (χ1n) is 19.1. The van der Waals surface area contributed by atoms with Gasteiger partial charge in [0, 0.05) is 6.54 Å². The van der Waals surface area contributed by atoms with E-state index < -0.39 is 23.4 Å². The van der Waals surface area contributed by atoms with E-state index in [0.717, 1.165) is 68.9 Å². The highest BCUT2D eigenvalue weighted by Gasteiger charge is 2.71. The Morgan fingerprint density at radius 3 is 2.24 bits per heavy atom. The standard InChI is InChI=1S/C43H62N2O5/c1-25(2)28-15-20-43(38(50)44-32(37(48)49)24-45(9)10)22-21-41(7)31(35(28)43)13-14-34-40(6)18-16-30(27-11-12-29(36(46)47)26(3)23-27)39(4,5)33(40)17-19-42(34,41)8/h11-12,16,23,28,31-35H,1,13-15,17-22,24H2,2-10H3,(H,44,50)(H,46,47)(H,48,49)/t28-,31+,32?,33-,34+,35+,40-,41+,42+,43-/m0/s1. The van der Waals surface area contributed by atoms with Gasteiger partial charge in [0.05, 0.1) is 11.0 Å². The second-order valence-electron chi connectivity index (χ2n) is 18.8. The van der Waals surface area contributed by atoms with Crippen LogP contribution in [0.5, 0.6) is 0 Å². The van der Waals surface area contributed by atoms with E-state index in [-0.39, 0.29) is 45.9 Å². The number of fused-ring (bicyclic) bond motifs is 7. The van der Waals surface area contributed by atoms with Gasteiger partial charge in [-0.2, -0.15) is 0 Å². The van der Waals surface area contributed by atoms with Crippen LogP contribution < -0.4 is 5.32 Å². The van der Waals surface area contributed by atoms with E-state index in [9.17, 15) is 24.6 Å². The molecule has 4 saturated carbocycles. The van der Waals surface area contributed by atoms with E-state index in [1.165, 1.54) is 11.1 Å². The predicted molar refractivity (Wildman–Crippen MR) is 199 cm³/mol. The number of hydrogen-bond donors (Lipinski definition) is 3. The van der Waals surface area contributed by atoms with Gasteiger partial charge in [-0.25, -0.2) is 9.59 Å². The third kappa shape index (κ3) is 5.25. The number of aromatic carboxylic acids is 1. The summed E-state index contributed by atoms with van der Waals surface area (Å²) in [4.78, 5) is 40.3. The molecule has 50 heavy (non-hydrogen) atoms. The molecule has 7 heteroatoms. The van der Waals surface area contributed by atoms with Crippen LogP contribution in [-0.2, 0) is 9.59 Å². The van der Waals surface area contributed by atoms with Crippen LogP contribution in [0.1, 0.15) is 121 Å². The van der Waals surface area contributed by atoms with Crippen molar-refractivity contribution in [2.45, 2.75) is 112 Å². The summed E-state index contributed by atoms with van der Waals surface area (Å²) < 4.78 is 0. The van der Waals surface area contributed by atoms with Crippen molar-refractivity contribution in [3.63, 3.8) is 0 Å². The molecule has 1 unspecified atom stereocenters. The van der Waals surface area contributed by atoms with Crippen molar-refractivity contribution in [2.24, 2.45) is 56.7 Å². The summed E-state index contributed by atoms with van der Waals surface area (Å²) in [5, 5.41) is 22.7. The first-order valence-corrected chi connectivity index (χ1v) is 19.1. The molecule has 3 N–H and O–H groups in total. The van der Waals surface area contributed by atoms with Crippen molar-refractivity contribution >= 4 is 23.4 Å². The van der Waals surface area contributed by atoms with Crippen molar-refractivity contribution in [3.05, 3.63) is 53.1 Å². The number of amides is 1. The number of likely N-dealkylation sites (N-methyl/N-ethyl adjacent to an activating group) is 1. The van der Waals surface area contributed by atoms with E-state index in [0.29, 0.717) is 23.3 Å². The fourth-order valence-corrected chi connectivity index (χ4v) is 13.6. The van der Waals surface area contributed by atoms with Crippen LogP contribution >= 0.6 is 0 Å². The maximum Gasteiger partial charge on any atom is 0.335 e. The topological polar surface area (TPSA) is 107 Å². The molecule has 6 rings (SSSR count).